The van der Waals surface area contributed by atoms with Crippen LogP contribution in [0.25, 0.3) is 21.3 Å². The number of carbonyl (C=O) groups excluding carboxylic acids is 2. The predicted molar refractivity (Wildman–Crippen MR) is 108 cm³/mol. The van der Waals surface area contributed by atoms with Crippen LogP contribution in [0.1, 0.15) is 19.7 Å². The van der Waals surface area contributed by atoms with Gasteiger partial charge in [-0.3, -0.25) is 14.4 Å². The standard InChI is InChI=1S/C19H18N2O4S2/c1-11(22)8-25-19(24)12(2)26-10-15-20-17(23)16-14(9-27-18(16)21-15)13-6-4-3-5-7-13/h3-7,9,12H,8,10H2,1-2H3,(H,20,21,23)/t12-/m0/s1. The smallest absolute Gasteiger partial charge is 0.319 e. The summed E-state index contributed by atoms with van der Waals surface area (Å²) in [4.78, 5) is 43.3. The van der Waals surface area contributed by atoms with E-state index in [4.69, 9.17) is 4.74 Å². The fourth-order valence-corrected chi connectivity index (χ4v) is 4.17. The van der Waals surface area contributed by atoms with Gasteiger partial charge in [-0.2, -0.15) is 0 Å². The van der Waals surface area contributed by atoms with E-state index in [1.54, 1.807) is 6.92 Å². The maximum Gasteiger partial charge on any atom is 0.319 e. The van der Waals surface area contributed by atoms with Crippen molar-refractivity contribution in [2.75, 3.05) is 6.61 Å². The summed E-state index contributed by atoms with van der Waals surface area (Å²) in [5.41, 5.74) is 1.65. The Hall–Kier alpha value is -2.45. The number of esters is 1. The van der Waals surface area contributed by atoms with E-state index < -0.39 is 11.2 Å². The van der Waals surface area contributed by atoms with Gasteiger partial charge in [0.05, 0.1) is 11.1 Å². The highest BCUT2D eigenvalue weighted by atomic mass is 32.2. The lowest BCUT2D eigenvalue weighted by Crippen LogP contribution is -2.20. The molecular formula is C19H18N2O4S2. The minimum Gasteiger partial charge on any atom is -0.457 e. The van der Waals surface area contributed by atoms with E-state index in [2.05, 4.69) is 9.97 Å². The second-order valence-electron chi connectivity index (χ2n) is 5.97. The molecule has 6 nitrogen and oxygen atoms in total. The molecule has 0 fully saturated rings. The molecule has 1 atom stereocenters. The summed E-state index contributed by atoms with van der Waals surface area (Å²) in [7, 11) is 0. The van der Waals surface area contributed by atoms with Crippen LogP contribution in [0.2, 0.25) is 0 Å². The number of thiophene rings is 1. The number of hydrogen-bond acceptors (Lipinski definition) is 7. The van der Waals surface area contributed by atoms with Crippen molar-refractivity contribution in [1.29, 1.82) is 0 Å². The number of nitrogens with one attached hydrogen (secondary N) is 1. The molecule has 0 bridgehead atoms. The van der Waals surface area contributed by atoms with Crippen LogP contribution in [-0.4, -0.2) is 33.6 Å². The van der Waals surface area contributed by atoms with E-state index in [1.165, 1.54) is 30.0 Å². The maximum absolute atomic E-state index is 12.6. The highest BCUT2D eigenvalue weighted by Crippen LogP contribution is 2.30. The van der Waals surface area contributed by atoms with E-state index in [9.17, 15) is 14.4 Å². The van der Waals surface area contributed by atoms with Crippen LogP contribution in [0.4, 0.5) is 0 Å². The van der Waals surface area contributed by atoms with Gasteiger partial charge in [0.1, 0.15) is 22.5 Å². The molecule has 27 heavy (non-hydrogen) atoms. The average Bonchev–Trinajstić information content (AvgIpc) is 3.09. The summed E-state index contributed by atoms with van der Waals surface area (Å²) >= 11 is 2.72. The second-order valence-corrected chi connectivity index (χ2v) is 8.16. The van der Waals surface area contributed by atoms with Crippen LogP contribution < -0.4 is 5.56 Å². The van der Waals surface area contributed by atoms with Gasteiger partial charge in [-0.05, 0) is 19.4 Å². The third-order valence-electron chi connectivity index (χ3n) is 3.80. The number of thioether (sulfide) groups is 1. The molecule has 3 rings (SSSR count). The van der Waals surface area contributed by atoms with Crippen molar-refractivity contribution in [2.24, 2.45) is 0 Å². The third-order valence-corrected chi connectivity index (χ3v) is 5.80. The lowest BCUT2D eigenvalue weighted by Gasteiger charge is -2.10. The van der Waals surface area contributed by atoms with E-state index in [-0.39, 0.29) is 17.9 Å². The topological polar surface area (TPSA) is 89.1 Å². The number of hydrogen-bond donors (Lipinski definition) is 1. The normalized spacial score (nSPS) is 12.1. The molecule has 0 radical (unpaired) electrons. The molecule has 2 heterocycles. The first kappa shape index (κ1) is 19.3. The van der Waals surface area contributed by atoms with Crippen LogP contribution in [0.3, 0.4) is 0 Å². The minimum absolute atomic E-state index is 0.192. The van der Waals surface area contributed by atoms with Gasteiger partial charge in [0.25, 0.3) is 5.56 Å². The molecule has 1 N–H and O–H groups in total. The van der Waals surface area contributed by atoms with E-state index in [1.807, 2.05) is 35.7 Å². The molecule has 0 aliphatic carbocycles. The van der Waals surface area contributed by atoms with Crippen LogP contribution in [0.5, 0.6) is 0 Å². The summed E-state index contributed by atoms with van der Waals surface area (Å²) in [5, 5.41) is 2.04. The molecule has 0 aliphatic rings. The molecule has 0 spiro atoms. The summed E-state index contributed by atoms with van der Waals surface area (Å²) in [6, 6.07) is 9.70. The second kappa shape index (κ2) is 8.49. The monoisotopic (exact) mass is 402 g/mol. The molecule has 1 aromatic carbocycles. The van der Waals surface area contributed by atoms with Crippen molar-refractivity contribution in [2.45, 2.75) is 24.9 Å². The van der Waals surface area contributed by atoms with Crippen molar-refractivity contribution in [3.8, 4) is 11.1 Å². The van der Waals surface area contributed by atoms with Gasteiger partial charge in [-0.25, -0.2) is 4.98 Å². The van der Waals surface area contributed by atoms with Crippen molar-refractivity contribution in [3.63, 3.8) is 0 Å². The fourth-order valence-electron chi connectivity index (χ4n) is 2.45. The number of Topliss-reactive ketones (excluding diaryl/α,β-unsaturated/α-hetero) is 1. The molecule has 0 unspecified atom stereocenters. The highest BCUT2D eigenvalue weighted by molar-refractivity contribution is 7.99. The Labute approximate surface area is 164 Å². The molecule has 140 valence electrons. The van der Waals surface area contributed by atoms with Gasteiger partial charge in [-0.15, -0.1) is 23.1 Å². The molecule has 0 aliphatic heterocycles. The van der Waals surface area contributed by atoms with Gasteiger partial charge >= 0.3 is 5.97 Å². The lowest BCUT2D eigenvalue weighted by atomic mass is 10.1. The quantitative estimate of drug-likeness (QED) is 0.609. The van der Waals surface area contributed by atoms with Crippen LogP contribution in [0, 0.1) is 0 Å². The molecule has 2 aromatic heterocycles. The van der Waals surface area contributed by atoms with E-state index in [0.29, 0.717) is 21.8 Å². The van der Waals surface area contributed by atoms with Gasteiger partial charge in [-0.1, -0.05) is 30.3 Å². The number of fused-ring (bicyclic) bond motifs is 1. The first-order valence-corrected chi connectivity index (χ1v) is 10.2. The summed E-state index contributed by atoms with van der Waals surface area (Å²) in [6.07, 6.45) is 0. The molecule has 8 heteroatoms. The number of benzene rings is 1. The Balaban J connectivity index is 1.75. The fraction of sp³-hybridized carbons (Fsp3) is 0.263. The van der Waals surface area contributed by atoms with Crippen molar-refractivity contribution in [3.05, 3.63) is 51.9 Å². The number of aromatic amines is 1. The Bertz CT molecular complexity index is 1030. The third kappa shape index (κ3) is 4.64. The van der Waals surface area contributed by atoms with Crippen molar-refractivity contribution >= 4 is 45.1 Å². The number of aromatic nitrogens is 2. The zero-order chi connectivity index (χ0) is 19.4. The number of carbonyl (C=O) groups is 2. The lowest BCUT2D eigenvalue weighted by molar-refractivity contribution is -0.146. The van der Waals surface area contributed by atoms with E-state index >= 15 is 0 Å². The molecule has 0 amide bonds. The van der Waals surface area contributed by atoms with Crippen LogP contribution in [-0.2, 0) is 20.1 Å². The summed E-state index contributed by atoms with van der Waals surface area (Å²) in [6.45, 7) is 2.84. The maximum atomic E-state index is 12.6. The van der Waals surface area contributed by atoms with Crippen molar-refractivity contribution < 1.29 is 14.3 Å². The number of nitrogens with zero attached hydrogens (tertiary/aromatic N) is 1. The summed E-state index contributed by atoms with van der Waals surface area (Å²) in [5.74, 6) is 0.204. The predicted octanol–water partition coefficient (Wildman–Crippen LogP) is 3.41. The molecule has 0 saturated carbocycles. The van der Waals surface area contributed by atoms with E-state index in [0.717, 1.165) is 11.1 Å². The highest BCUT2D eigenvalue weighted by Gasteiger charge is 2.17. The first-order valence-electron chi connectivity index (χ1n) is 8.29. The molecule has 3 aromatic rings. The van der Waals surface area contributed by atoms with Gasteiger partial charge in [0, 0.05) is 10.9 Å². The number of ketones is 1. The molecular weight excluding hydrogens is 384 g/mol. The van der Waals surface area contributed by atoms with Crippen LogP contribution in [0.15, 0.2) is 40.5 Å². The number of ether oxygens (including phenoxy) is 1. The van der Waals surface area contributed by atoms with Gasteiger partial charge in [0.2, 0.25) is 0 Å². The van der Waals surface area contributed by atoms with Gasteiger partial charge < -0.3 is 9.72 Å². The van der Waals surface area contributed by atoms with Gasteiger partial charge in [0.15, 0.2) is 5.78 Å². The first-order chi connectivity index (χ1) is 13.0. The Morgan fingerprint density at radius 3 is 2.74 bits per heavy atom. The van der Waals surface area contributed by atoms with Crippen molar-refractivity contribution in [1.82, 2.24) is 9.97 Å². The Morgan fingerprint density at radius 2 is 2.04 bits per heavy atom. The Morgan fingerprint density at radius 1 is 1.30 bits per heavy atom. The number of rotatable bonds is 7. The SMILES string of the molecule is CC(=O)COC(=O)[C@H](C)SCc1nc2scc(-c3ccccc3)c2c(=O)[nH]1. The summed E-state index contributed by atoms with van der Waals surface area (Å²) < 4.78 is 4.90. The minimum atomic E-state index is -0.464. The zero-order valence-electron chi connectivity index (χ0n) is 14.9. The molecule has 0 saturated heterocycles. The zero-order valence-corrected chi connectivity index (χ0v) is 16.5. The largest absolute Gasteiger partial charge is 0.457 e. The van der Waals surface area contributed by atoms with Crippen LogP contribution >= 0.6 is 23.1 Å². The Kier molecular flexibility index (Phi) is 6.08. The average molecular weight is 402 g/mol. The number of H-pyrrole nitrogens is 1.